The highest BCUT2D eigenvalue weighted by molar-refractivity contribution is 5.92. The summed E-state index contributed by atoms with van der Waals surface area (Å²) < 4.78 is 5.35. The van der Waals surface area contributed by atoms with Crippen LogP contribution in [-0.2, 0) is 9.53 Å². The number of nitro benzene ring substituents is 1. The van der Waals surface area contributed by atoms with Gasteiger partial charge in [-0.15, -0.1) is 0 Å². The summed E-state index contributed by atoms with van der Waals surface area (Å²) in [6, 6.07) is 6.04. The Morgan fingerprint density at radius 1 is 1.30 bits per heavy atom. The fourth-order valence-corrected chi connectivity index (χ4v) is 2.70. The second kappa shape index (κ2) is 8.66. The number of amides is 2. The van der Waals surface area contributed by atoms with Crippen molar-refractivity contribution in [2.24, 2.45) is 0 Å². The smallest absolute Gasteiger partial charge is 0.410 e. The molecule has 0 unspecified atom stereocenters. The van der Waals surface area contributed by atoms with Crippen LogP contribution in [0, 0.1) is 10.1 Å². The lowest BCUT2D eigenvalue weighted by atomic mass is 10.1. The van der Waals surface area contributed by atoms with Crippen molar-refractivity contribution in [3.05, 3.63) is 46.0 Å². The lowest BCUT2D eigenvalue weighted by Gasteiger charge is -2.33. The number of ether oxygens (including phenoxy) is 1. The Kier molecular flexibility index (Phi) is 6.55. The number of carbonyl (C=O) groups is 2. The predicted octanol–water partition coefficient (Wildman–Crippen LogP) is 3.12. The number of piperidine rings is 1. The highest BCUT2D eigenvalue weighted by Crippen LogP contribution is 2.16. The molecule has 0 radical (unpaired) electrons. The van der Waals surface area contributed by atoms with E-state index in [2.05, 4.69) is 5.32 Å². The Balaban J connectivity index is 1.81. The molecule has 1 aromatic rings. The van der Waals surface area contributed by atoms with Crippen molar-refractivity contribution in [1.82, 2.24) is 10.2 Å². The largest absolute Gasteiger partial charge is 0.444 e. The molecule has 1 saturated heterocycles. The average molecular weight is 375 g/mol. The van der Waals surface area contributed by atoms with E-state index in [-0.39, 0.29) is 23.7 Å². The zero-order valence-corrected chi connectivity index (χ0v) is 15.8. The molecule has 0 spiro atoms. The molecule has 2 amide bonds. The van der Waals surface area contributed by atoms with Gasteiger partial charge in [0.25, 0.3) is 5.69 Å². The van der Waals surface area contributed by atoms with Crippen LogP contribution < -0.4 is 5.32 Å². The second-order valence-electron chi connectivity index (χ2n) is 7.44. The van der Waals surface area contributed by atoms with Gasteiger partial charge in [-0.1, -0.05) is 12.1 Å². The molecule has 2 rings (SSSR count). The van der Waals surface area contributed by atoms with Crippen LogP contribution in [0.25, 0.3) is 6.08 Å². The van der Waals surface area contributed by atoms with Gasteiger partial charge in [-0.3, -0.25) is 14.9 Å². The predicted molar refractivity (Wildman–Crippen MR) is 101 cm³/mol. The quantitative estimate of drug-likeness (QED) is 0.495. The molecule has 1 aromatic carbocycles. The Labute approximate surface area is 158 Å². The summed E-state index contributed by atoms with van der Waals surface area (Å²) in [7, 11) is 0. The van der Waals surface area contributed by atoms with Crippen molar-refractivity contribution in [2.45, 2.75) is 45.3 Å². The molecule has 0 bridgehead atoms. The van der Waals surface area contributed by atoms with E-state index in [0.717, 1.165) is 0 Å². The fourth-order valence-electron chi connectivity index (χ4n) is 2.70. The van der Waals surface area contributed by atoms with E-state index in [9.17, 15) is 19.7 Å². The van der Waals surface area contributed by atoms with Gasteiger partial charge in [-0.25, -0.2) is 4.79 Å². The zero-order valence-electron chi connectivity index (χ0n) is 15.8. The molecule has 1 N–H and O–H groups in total. The third-order valence-corrected chi connectivity index (χ3v) is 4.00. The minimum absolute atomic E-state index is 0.0212. The Morgan fingerprint density at radius 2 is 1.96 bits per heavy atom. The Hall–Kier alpha value is -2.90. The maximum atomic E-state index is 12.1. The van der Waals surface area contributed by atoms with Crippen LogP contribution in [0.3, 0.4) is 0 Å². The molecule has 0 saturated carbocycles. The first-order chi connectivity index (χ1) is 12.6. The van der Waals surface area contributed by atoms with Gasteiger partial charge in [0.05, 0.1) is 4.92 Å². The first-order valence-electron chi connectivity index (χ1n) is 8.85. The summed E-state index contributed by atoms with van der Waals surface area (Å²) in [4.78, 5) is 36.0. The van der Waals surface area contributed by atoms with Gasteiger partial charge in [-0.2, -0.15) is 0 Å². The molecule has 1 aliphatic heterocycles. The molecule has 0 atom stereocenters. The number of rotatable bonds is 4. The molecule has 8 nitrogen and oxygen atoms in total. The van der Waals surface area contributed by atoms with Crippen molar-refractivity contribution in [3.63, 3.8) is 0 Å². The third kappa shape index (κ3) is 6.73. The van der Waals surface area contributed by atoms with Gasteiger partial charge < -0.3 is 15.0 Å². The number of hydrogen-bond acceptors (Lipinski definition) is 5. The zero-order chi connectivity index (χ0) is 20.0. The number of benzene rings is 1. The van der Waals surface area contributed by atoms with Crippen molar-refractivity contribution in [1.29, 1.82) is 0 Å². The molecule has 27 heavy (non-hydrogen) atoms. The summed E-state index contributed by atoms with van der Waals surface area (Å²) in [5, 5.41) is 13.7. The van der Waals surface area contributed by atoms with Gasteiger partial charge in [0.15, 0.2) is 0 Å². The summed E-state index contributed by atoms with van der Waals surface area (Å²) in [5.74, 6) is -0.266. The van der Waals surface area contributed by atoms with Crippen LogP contribution in [0.1, 0.15) is 39.2 Å². The summed E-state index contributed by atoms with van der Waals surface area (Å²) in [5.41, 5.74) is 0.0329. The van der Waals surface area contributed by atoms with E-state index in [1.165, 1.54) is 24.3 Å². The van der Waals surface area contributed by atoms with E-state index in [1.54, 1.807) is 17.0 Å². The standard InChI is InChI=1S/C19H25N3O5/c1-19(2,3)27-18(24)21-11-9-15(10-12-21)20-17(23)8-7-14-5-4-6-16(13-14)22(25)26/h4-8,13,15H,9-12H2,1-3H3,(H,20,23)/b8-7+. The van der Waals surface area contributed by atoms with Gasteiger partial charge in [0.1, 0.15) is 5.60 Å². The van der Waals surface area contributed by atoms with Gasteiger partial charge in [0, 0.05) is 37.3 Å². The highest BCUT2D eigenvalue weighted by atomic mass is 16.6. The Morgan fingerprint density at radius 3 is 2.56 bits per heavy atom. The molecule has 8 heteroatoms. The number of non-ortho nitro benzene ring substituents is 1. The van der Waals surface area contributed by atoms with Crippen LogP contribution >= 0.6 is 0 Å². The van der Waals surface area contributed by atoms with Gasteiger partial charge in [-0.05, 0) is 45.3 Å². The van der Waals surface area contributed by atoms with Crippen molar-refractivity contribution in [3.8, 4) is 0 Å². The minimum atomic E-state index is -0.528. The molecule has 1 heterocycles. The van der Waals surface area contributed by atoms with Crippen molar-refractivity contribution in [2.75, 3.05) is 13.1 Å². The van der Waals surface area contributed by atoms with E-state index >= 15 is 0 Å². The van der Waals surface area contributed by atoms with Gasteiger partial charge in [0.2, 0.25) is 5.91 Å². The SMILES string of the molecule is CC(C)(C)OC(=O)N1CCC(NC(=O)/C=C/c2cccc([N+](=O)[O-])c2)CC1. The normalized spacial score (nSPS) is 15.6. The van der Waals surface area contributed by atoms with Gasteiger partial charge >= 0.3 is 6.09 Å². The van der Waals surface area contributed by atoms with E-state index in [1.807, 2.05) is 20.8 Å². The number of nitro groups is 1. The van der Waals surface area contributed by atoms with Crippen LogP contribution in [0.2, 0.25) is 0 Å². The molecule has 1 fully saturated rings. The van der Waals surface area contributed by atoms with E-state index < -0.39 is 10.5 Å². The molecule has 0 aliphatic carbocycles. The number of nitrogens with one attached hydrogen (secondary N) is 1. The first kappa shape index (κ1) is 20.4. The van der Waals surface area contributed by atoms with E-state index in [4.69, 9.17) is 4.74 Å². The summed E-state index contributed by atoms with van der Waals surface area (Å²) in [6.45, 7) is 6.52. The third-order valence-electron chi connectivity index (χ3n) is 4.00. The van der Waals surface area contributed by atoms with E-state index in [0.29, 0.717) is 31.5 Å². The number of likely N-dealkylation sites (tertiary alicyclic amines) is 1. The average Bonchev–Trinajstić information content (AvgIpc) is 2.59. The molecule has 1 aliphatic rings. The maximum Gasteiger partial charge on any atom is 0.410 e. The lowest BCUT2D eigenvalue weighted by Crippen LogP contribution is -2.47. The van der Waals surface area contributed by atoms with Crippen LogP contribution in [0.4, 0.5) is 10.5 Å². The molecule has 146 valence electrons. The van der Waals surface area contributed by atoms with Crippen molar-refractivity contribution < 1.29 is 19.2 Å². The van der Waals surface area contributed by atoms with Crippen LogP contribution in [0.5, 0.6) is 0 Å². The molecular formula is C19H25N3O5. The molecule has 0 aromatic heterocycles. The van der Waals surface area contributed by atoms with Crippen molar-refractivity contribution >= 4 is 23.8 Å². The first-order valence-corrected chi connectivity index (χ1v) is 8.85. The van der Waals surface area contributed by atoms with Crippen LogP contribution in [0.15, 0.2) is 30.3 Å². The number of carbonyl (C=O) groups excluding carboxylic acids is 2. The second-order valence-corrected chi connectivity index (χ2v) is 7.44. The number of nitrogens with zero attached hydrogens (tertiary/aromatic N) is 2. The molecular weight excluding hydrogens is 350 g/mol. The fraction of sp³-hybridized carbons (Fsp3) is 0.474. The monoisotopic (exact) mass is 375 g/mol. The Bertz CT molecular complexity index is 731. The summed E-state index contributed by atoms with van der Waals surface area (Å²) in [6.07, 6.45) is 3.86. The number of hydrogen-bond donors (Lipinski definition) is 1. The lowest BCUT2D eigenvalue weighted by molar-refractivity contribution is -0.384. The minimum Gasteiger partial charge on any atom is -0.444 e. The summed E-state index contributed by atoms with van der Waals surface area (Å²) >= 11 is 0. The highest BCUT2D eigenvalue weighted by Gasteiger charge is 2.27. The topological polar surface area (TPSA) is 102 Å². The van der Waals surface area contributed by atoms with Crippen LogP contribution in [-0.4, -0.2) is 46.6 Å². The maximum absolute atomic E-state index is 12.1.